The van der Waals surface area contributed by atoms with Gasteiger partial charge in [0.1, 0.15) is 6.07 Å². The maximum absolute atomic E-state index is 8.81. The third-order valence-corrected chi connectivity index (χ3v) is 3.81. The van der Waals surface area contributed by atoms with Gasteiger partial charge in [-0.1, -0.05) is 18.5 Å². The van der Waals surface area contributed by atoms with Gasteiger partial charge in [-0.2, -0.15) is 5.26 Å². The van der Waals surface area contributed by atoms with Gasteiger partial charge in [-0.15, -0.1) is 11.3 Å². The van der Waals surface area contributed by atoms with Gasteiger partial charge in [0, 0.05) is 10.6 Å². The van der Waals surface area contributed by atoms with Gasteiger partial charge < -0.3 is 5.32 Å². The van der Waals surface area contributed by atoms with Crippen LogP contribution in [0.2, 0.25) is 5.02 Å². The van der Waals surface area contributed by atoms with Crippen LogP contribution in [0.5, 0.6) is 0 Å². The fraction of sp³-hybridized carbons (Fsp3) is 0.231. The van der Waals surface area contributed by atoms with E-state index in [2.05, 4.69) is 24.1 Å². The molecule has 1 aromatic heterocycles. The summed E-state index contributed by atoms with van der Waals surface area (Å²) in [5.41, 5.74) is 2.43. The molecule has 5 heteroatoms. The van der Waals surface area contributed by atoms with Crippen LogP contribution in [0.3, 0.4) is 0 Å². The third-order valence-electron chi connectivity index (χ3n) is 2.57. The smallest absolute Gasteiger partial charge is 0.187 e. The highest BCUT2D eigenvalue weighted by Crippen LogP contribution is 2.27. The number of benzene rings is 1. The molecule has 2 aromatic rings. The average molecular weight is 278 g/mol. The van der Waals surface area contributed by atoms with Crippen molar-refractivity contribution in [1.82, 2.24) is 4.98 Å². The summed E-state index contributed by atoms with van der Waals surface area (Å²) in [7, 11) is 0. The molecule has 2 rings (SSSR count). The van der Waals surface area contributed by atoms with Crippen LogP contribution in [0.15, 0.2) is 18.2 Å². The molecule has 0 aliphatic rings. The summed E-state index contributed by atoms with van der Waals surface area (Å²) < 4.78 is 0. The number of thiazole rings is 1. The third kappa shape index (κ3) is 2.63. The van der Waals surface area contributed by atoms with Crippen LogP contribution in [-0.2, 0) is 6.42 Å². The van der Waals surface area contributed by atoms with Crippen LogP contribution in [0, 0.1) is 18.3 Å². The van der Waals surface area contributed by atoms with E-state index >= 15 is 0 Å². The van der Waals surface area contributed by atoms with E-state index in [1.165, 1.54) is 4.88 Å². The lowest BCUT2D eigenvalue weighted by Gasteiger charge is -2.03. The summed E-state index contributed by atoms with van der Waals surface area (Å²) in [5, 5.41) is 13.3. The number of nitrogens with zero attached hydrogens (tertiary/aromatic N) is 2. The zero-order chi connectivity index (χ0) is 13.1. The number of rotatable bonds is 3. The SMILES string of the molecule is CCc1nc(Nc2ccc(C#N)c(Cl)c2)sc1C. The Hall–Kier alpha value is -1.57. The molecule has 18 heavy (non-hydrogen) atoms. The molecule has 0 radical (unpaired) electrons. The minimum atomic E-state index is 0.450. The number of hydrogen-bond donors (Lipinski definition) is 1. The van der Waals surface area contributed by atoms with Crippen molar-refractivity contribution in [3.8, 4) is 6.07 Å². The molecule has 3 nitrogen and oxygen atoms in total. The fourth-order valence-electron chi connectivity index (χ4n) is 1.62. The minimum Gasteiger partial charge on any atom is -0.331 e. The largest absolute Gasteiger partial charge is 0.331 e. The van der Waals surface area contributed by atoms with Gasteiger partial charge in [0.2, 0.25) is 0 Å². The first-order valence-corrected chi connectivity index (χ1v) is 6.76. The van der Waals surface area contributed by atoms with Crippen molar-refractivity contribution in [2.45, 2.75) is 20.3 Å². The summed E-state index contributed by atoms with van der Waals surface area (Å²) in [6.07, 6.45) is 0.929. The highest BCUT2D eigenvalue weighted by Gasteiger charge is 2.07. The Morgan fingerprint density at radius 2 is 2.28 bits per heavy atom. The highest BCUT2D eigenvalue weighted by molar-refractivity contribution is 7.15. The molecule has 0 atom stereocenters. The molecule has 0 saturated carbocycles. The summed E-state index contributed by atoms with van der Waals surface area (Å²) in [4.78, 5) is 5.72. The molecule has 0 unspecified atom stereocenters. The highest BCUT2D eigenvalue weighted by atomic mass is 35.5. The number of aryl methyl sites for hydroxylation is 2. The number of halogens is 1. The van der Waals surface area contributed by atoms with Crippen LogP contribution in [-0.4, -0.2) is 4.98 Å². The summed E-state index contributed by atoms with van der Waals surface area (Å²) >= 11 is 7.60. The van der Waals surface area contributed by atoms with Crippen molar-refractivity contribution in [1.29, 1.82) is 5.26 Å². The fourth-order valence-corrected chi connectivity index (χ4v) is 2.76. The standard InChI is InChI=1S/C13H12ClN3S/c1-3-12-8(2)18-13(17-12)16-10-5-4-9(7-15)11(14)6-10/h4-6H,3H2,1-2H3,(H,16,17). The number of nitriles is 1. The van der Waals surface area contributed by atoms with Gasteiger partial charge in [0.05, 0.1) is 16.3 Å². The van der Waals surface area contributed by atoms with E-state index in [0.717, 1.165) is 22.9 Å². The van der Waals surface area contributed by atoms with Crippen molar-refractivity contribution in [2.75, 3.05) is 5.32 Å². The van der Waals surface area contributed by atoms with Crippen LogP contribution in [0.4, 0.5) is 10.8 Å². The van der Waals surface area contributed by atoms with Crippen LogP contribution in [0.25, 0.3) is 0 Å². The molecule has 0 spiro atoms. The van der Waals surface area contributed by atoms with Crippen molar-refractivity contribution in [3.63, 3.8) is 0 Å². The second kappa shape index (κ2) is 5.38. The Kier molecular flexibility index (Phi) is 3.85. The number of nitrogens with one attached hydrogen (secondary N) is 1. The number of anilines is 2. The molecular weight excluding hydrogens is 266 g/mol. The first kappa shape index (κ1) is 12.9. The Balaban J connectivity index is 2.23. The lowest BCUT2D eigenvalue weighted by molar-refractivity contribution is 1.05. The van der Waals surface area contributed by atoms with Gasteiger partial charge in [0.15, 0.2) is 5.13 Å². The summed E-state index contributed by atoms with van der Waals surface area (Å²) in [6.45, 7) is 4.15. The molecular formula is C13H12ClN3S. The Labute approximate surface area is 115 Å². The van der Waals surface area contributed by atoms with E-state index in [0.29, 0.717) is 10.6 Å². The maximum atomic E-state index is 8.81. The van der Waals surface area contributed by atoms with E-state index in [-0.39, 0.29) is 0 Å². The van der Waals surface area contributed by atoms with Gasteiger partial charge in [-0.25, -0.2) is 4.98 Å². The molecule has 1 aromatic carbocycles. The second-order valence-electron chi connectivity index (χ2n) is 3.81. The molecule has 0 fully saturated rings. The van der Waals surface area contributed by atoms with E-state index < -0.39 is 0 Å². The zero-order valence-corrected chi connectivity index (χ0v) is 11.7. The van der Waals surface area contributed by atoms with E-state index in [9.17, 15) is 0 Å². The van der Waals surface area contributed by atoms with Crippen molar-refractivity contribution in [3.05, 3.63) is 39.4 Å². The minimum absolute atomic E-state index is 0.450. The normalized spacial score (nSPS) is 10.1. The predicted octanol–water partition coefficient (Wildman–Crippen LogP) is 4.28. The molecule has 92 valence electrons. The molecule has 0 aliphatic heterocycles. The molecule has 0 bridgehead atoms. The van der Waals surface area contributed by atoms with E-state index in [1.54, 1.807) is 23.5 Å². The number of hydrogen-bond acceptors (Lipinski definition) is 4. The topological polar surface area (TPSA) is 48.7 Å². The van der Waals surface area contributed by atoms with Gasteiger partial charge >= 0.3 is 0 Å². The van der Waals surface area contributed by atoms with Gasteiger partial charge in [0.25, 0.3) is 0 Å². The van der Waals surface area contributed by atoms with Gasteiger partial charge in [-0.05, 0) is 31.5 Å². The van der Waals surface area contributed by atoms with Crippen LogP contribution in [0.1, 0.15) is 23.1 Å². The van der Waals surface area contributed by atoms with Crippen LogP contribution >= 0.6 is 22.9 Å². The first-order chi connectivity index (χ1) is 8.63. The molecule has 0 amide bonds. The molecule has 1 heterocycles. The maximum Gasteiger partial charge on any atom is 0.187 e. The number of aromatic nitrogens is 1. The van der Waals surface area contributed by atoms with E-state index in [4.69, 9.17) is 16.9 Å². The lowest BCUT2D eigenvalue weighted by atomic mass is 10.2. The van der Waals surface area contributed by atoms with Crippen molar-refractivity contribution < 1.29 is 0 Å². The quantitative estimate of drug-likeness (QED) is 0.911. The molecule has 0 aliphatic carbocycles. The van der Waals surface area contributed by atoms with Gasteiger partial charge in [-0.3, -0.25) is 0 Å². The molecule has 0 saturated heterocycles. The lowest BCUT2D eigenvalue weighted by Crippen LogP contribution is -1.91. The van der Waals surface area contributed by atoms with Crippen molar-refractivity contribution in [2.24, 2.45) is 0 Å². The average Bonchev–Trinajstić information content (AvgIpc) is 2.69. The summed E-state index contributed by atoms with van der Waals surface area (Å²) in [6, 6.07) is 7.30. The second-order valence-corrected chi connectivity index (χ2v) is 5.42. The monoisotopic (exact) mass is 277 g/mol. The summed E-state index contributed by atoms with van der Waals surface area (Å²) in [5.74, 6) is 0. The predicted molar refractivity (Wildman–Crippen MR) is 75.7 cm³/mol. The first-order valence-electron chi connectivity index (χ1n) is 5.57. The Bertz CT molecular complexity index is 613. The zero-order valence-electron chi connectivity index (χ0n) is 10.1. The van der Waals surface area contributed by atoms with Crippen molar-refractivity contribution >= 4 is 33.8 Å². The Morgan fingerprint density at radius 3 is 2.83 bits per heavy atom. The molecule has 1 N–H and O–H groups in total. The Morgan fingerprint density at radius 1 is 1.50 bits per heavy atom. The van der Waals surface area contributed by atoms with E-state index in [1.807, 2.05) is 12.1 Å². The van der Waals surface area contributed by atoms with Crippen LogP contribution < -0.4 is 5.32 Å².